The fourth-order valence-electron chi connectivity index (χ4n) is 3.37. The minimum Gasteiger partial charge on any atom is -0.481 e. The molecule has 1 aliphatic heterocycles. The van der Waals surface area contributed by atoms with Crippen LogP contribution in [-0.2, 0) is 0 Å². The van der Waals surface area contributed by atoms with Crippen LogP contribution in [0.3, 0.4) is 0 Å². The maximum absolute atomic E-state index is 5.26. The summed E-state index contributed by atoms with van der Waals surface area (Å²) in [5.41, 5.74) is 2.91. The molecule has 4 heterocycles. The Hall–Kier alpha value is -3.23. The summed E-state index contributed by atoms with van der Waals surface area (Å²) >= 11 is 0. The smallest absolute Gasteiger partial charge is 0.228 e. The van der Waals surface area contributed by atoms with Crippen molar-refractivity contribution in [3.63, 3.8) is 0 Å². The summed E-state index contributed by atoms with van der Waals surface area (Å²) < 4.78 is 7.07. The summed E-state index contributed by atoms with van der Waals surface area (Å²) in [4.78, 5) is 13.4. The molecule has 0 aliphatic carbocycles. The molecule has 0 amide bonds. The number of hydrogen-bond donors (Lipinski definition) is 0. The van der Waals surface area contributed by atoms with E-state index in [0.29, 0.717) is 11.8 Å². The van der Waals surface area contributed by atoms with Crippen molar-refractivity contribution in [2.75, 3.05) is 43.1 Å². The number of aryl methyl sites for hydroxylation is 3. The highest BCUT2D eigenvalue weighted by Gasteiger charge is 2.21. The van der Waals surface area contributed by atoms with Gasteiger partial charge in [0.25, 0.3) is 0 Å². The number of anilines is 2. The normalized spacial score (nSPS) is 14.4. The fourth-order valence-corrected chi connectivity index (χ4v) is 3.37. The molecule has 146 valence electrons. The van der Waals surface area contributed by atoms with Crippen molar-refractivity contribution in [3.8, 4) is 11.7 Å². The molecule has 4 rings (SSSR count). The summed E-state index contributed by atoms with van der Waals surface area (Å²) in [6, 6.07) is 7.82. The lowest BCUT2D eigenvalue weighted by molar-refractivity contribution is 0.396. The summed E-state index contributed by atoms with van der Waals surface area (Å²) in [6.45, 7) is 9.21. The lowest BCUT2D eigenvalue weighted by atomic mass is 10.3. The lowest BCUT2D eigenvalue weighted by Gasteiger charge is -2.35. The first-order valence-corrected chi connectivity index (χ1v) is 9.30. The summed E-state index contributed by atoms with van der Waals surface area (Å²) in [5, 5.41) is 13.2. The molecule has 0 bridgehead atoms. The third-order valence-electron chi connectivity index (χ3n) is 4.78. The molecule has 28 heavy (non-hydrogen) atoms. The Morgan fingerprint density at radius 2 is 1.50 bits per heavy atom. The van der Waals surface area contributed by atoms with Gasteiger partial charge in [-0.2, -0.15) is 10.1 Å². The largest absolute Gasteiger partial charge is 0.481 e. The van der Waals surface area contributed by atoms with Crippen LogP contribution in [0.15, 0.2) is 24.3 Å². The van der Waals surface area contributed by atoms with Crippen LogP contribution in [0.5, 0.6) is 5.88 Å². The summed E-state index contributed by atoms with van der Waals surface area (Å²) in [6.07, 6.45) is 0. The Balaban J connectivity index is 1.44. The zero-order chi connectivity index (χ0) is 19.7. The van der Waals surface area contributed by atoms with Crippen LogP contribution in [0.25, 0.3) is 5.82 Å². The highest BCUT2D eigenvalue weighted by atomic mass is 16.5. The minimum absolute atomic E-state index is 0.593. The average molecular weight is 380 g/mol. The van der Waals surface area contributed by atoms with Crippen LogP contribution in [-0.4, -0.2) is 63.2 Å². The Kier molecular flexibility index (Phi) is 4.81. The molecule has 0 saturated carbocycles. The second kappa shape index (κ2) is 7.41. The van der Waals surface area contributed by atoms with Gasteiger partial charge in [-0.25, -0.2) is 9.67 Å². The van der Waals surface area contributed by atoms with E-state index in [1.54, 1.807) is 7.11 Å². The quantitative estimate of drug-likeness (QED) is 0.676. The van der Waals surface area contributed by atoms with Gasteiger partial charge >= 0.3 is 0 Å². The Bertz CT molecular complexity index is 961. The molecule has 9 nitrogen and oxygen atoms in total. The molecular formula is C19H24N8O. The van der Waals surface area contributed by atoms with E-state index in [4.69, 9.17) is 4.74 Å². The van der Waals surface area contributed by atoms with E-state index < -0.39 is 0 Å². The monoisotopic (exact) mass is 380 g/mol. The molecule has 0 aromatic carbocycles. The van der Waals surface area contributed by atoms with Crippen molar-refractivity contribution in [2.24, 2.45) is 0 Å². The molecule has 1 aliphatic rings. The molecular weight excluding hydrogens is 356 g/mol. The molecule has 1 fully saturated rings. The van der Waals surface area contributed by atoms with Crippen LogP contribution < -0.4 is 14.5 Å². The number of methoxy groups -OCH3 is 1. The van der Waals surface area contributed by atoms with Gasteiger partial charge in [0.2, 0.25) is 11.8 Å². The second-order valence-electron chi connectivity index (χ2n) is 6.91. The third-order valence-corrected chi connectivity index (χ3v) is 4.78. The number of aromatic nitrogens is 6. The molecule has 3 aromatic rings. The van der Waals surface area contributed by atoms with Crippen molar-refractivity contribution >= 4 is 11.8 Å². The first-order valence-electron chi connectivity index (χ1n) is 9.30. The molecule has 1 saturated heterocycles. The SMILES string of the molecule is COc1cc(C)nc(N2CCN(c3ccc(-n4nc(C)cc4C)nn3)CC2)n1. The third kappa shape index (κ3) is 3.60. The molecule has 9 heteroatoms. The number of nitrogens with zero attached hydrogens (tertiary/aromatic N) is 8. The fraction of sp³-hybridized carbons (Fsp3) is 0.421. The zero-order valence-corrected chi connectivity index (χ0v) is 16.6. The van der Waals surface area contributed by atoms with Gasteiger partial charge < -0.3 is 14.5 Å². The summed E-state index contributed by atoms with van der Waals surface area (Å²) in [5.74, 6) is 2.90. The molecule has 3 aromatic heterocycles. The highest BCUT2D eigenvalue weighted by Crippen LogP contribution is 2.19. The van der Waals surface area contributed by atoms with Crippen molar-refractivity contribution < 1.29 is 4.74 Å². The summed E-state index contributed by atoms with van der Waals surface area (Å²) in [7, 11) is 1.62. The Morgan fingerprint density at radius 1 is 0.821 bits per heavy atom. The maximum atomic E-state index is 5.26. The van der Waals surface area contributed by atoms with E-state index in [1.165, 1.54) is 0 Å². The highest BCUT2D eigenvalue weighted by molar-refractivity contribution is 5.44. The number of hydrogen-bond acceptors (Lipinski definition) is 8. The van der Waals surface area contributed by atoms with E-state index in [-0.39, 0.29) is 0 Å². The van der Waals surface area contributed by atoms with Gasteiger partial charge in [-0.1, -0.05) is 0 Å². The zero-order valence-electron chi connectivity index (χ0n) is 16.6. The van der Waals surface area contributed by atoms with Gasteiger partial charge in [-0.05, 0) is 39.0 Å². The standard InChI is InChI=1S/C19H24N8O/c1-13-12-18(28-4)21-19(20-13)26-9-7-25(8-10-26)16-5-6-17(23-22-16)27-15(3)11-14(2)24-27/h5-6,11-12H,7-10H2,1-4H3. The molecule has 0 unspecified atom stereocenters. The van der Waals surface area contributed by atoms with Crippen molar-refractivity contribution in [2.45, 2.75) is 20.8 Å². The van der Waals surface area contributed by atoms with Crippen molar-refractivity contribution in [3.05, 3.63) is 41.3 Å². The number of rotatable bonds is 4. The van der Waals surface area contributed by atoms with Gasteiger partial charge in [0, 0.05) is 43.6 Å². The second-order valence-corrected chi connectivity index (χ2v) is 6.91. The van der Waals surface area contributed by atoms with Gasteiger partial charge in [0.1, 0.15) is 0 Å². The van der Waals surface area contributed by atoms with E-state index in [1.807, 2.05) is 49.7 Å². The first-order chi connectivity index (χ1) is 13.5. The minimum atomic E-state index is 0.593. The Morgan fingerprint density at radius 3 is 2.11 bits per heavy atom. The number of piperazine rings is 1. The van der Waals surface area contributed by atoms with E-state index in [2.05, 4.69) is 35.1 Å². The van der Waals surface area contributed by atoms with Crippen LogP contribution in [0.2, 0.25) is 0 Å². The molecule has 0 atom stereocenters. The molecule has 0 radical (unpaired) electrons. The average Bonchev–Trinajstić information content (AvgIpc) is 3.05. The molecule has 0 spiro atoms. The Labute approximate surface area is 164 Å². The van der Waals surface area contributed by atoms with Crippen molar-refractivity contribution in [1.82, 2.24) is 29.9 Å². The van der Waals surface area contributed by atoms with Gasteiger partial charge in [-0.15, -0.1) is 10.2 Å². The lowest BCUT2D eigenvalue weighted by Crippen LogP contribution is -2.47. The van der Waals surface area contributed by atoms with Gasteiger partial charge in [0.15, 0.2) is 11.6 Å². The van der Waals surface area contributed by atoms with E-state index in [9.17, 15) is 0 Å². The molecule has 0 N–H and O–H groups in total. The van der Waals surface area contributed by atoms with Gasteiger partial charge in [0.05, 0.1) is 12.8 Å². The predicted octanol–water partition coefficient (Wildman–Crippen LogP) is 1.71. The van der Waals surface area contributed by atoms with Gasteiger partial charge in [-0.3, -0.25) is 0 Å². The van der Waals surface area contributed by atoms with Crippen LogP contribution in [0, 0.1) is 20.8 Å². The first kappa shape index (κ1) is 18.1. The van der Waals surface area contributed by atoms with Crippen LogP contribution in [0.4, 0.5) is 11.8 Å². The van der Waals surface area contributed by atoms with E-state index >= 15 is 0 Å². The maximum Gasteiger partial charge on any atom is 0.228 e. The van der Waals surface area contributed by atoms with Crippen molar-refractivity contribution in [1.29, 1.82) is 0 Å². The van der Waals surface area contributed by atoms with Crippen LogP contribution >= 0.6 is 0 Å². The topological polar surface area (TPSA) is 85.1 Å². The predicted molar refractivity (Wildman–Crippen MR) is 106 cm³/mol. The van der Waals surface area contributed by atoms with E-state index in [0.717, 1.165) is 54.9 Å². The number of ether oxygens (including phenoxy) is 1. The van der Waals surface area contributed by atoms with Crippen LogP contribution in [0.1, 0.15) is 17.1 Å².